The smallest absolute Gasteiger partial charge is 0.185 e. The average Bonchev–Trinajstić information content (AvgIpc) is 2.17. The topological polar surface area (TPSA) is 60.2 Å². The first-order valence-corrected chi connectivity index (χ1v) is 6.75. The normalized spacial score (nSPS) is 14.8. The molecule has 2 N–H and O–H groups in total. The van der Waals surface area contributed by atoms with E-state index in [9.17, 15) is 8.42 Å². The van der Waals surface area contributed by atoms with Crippen molar-refractivity contribution in [3.8, 4) is 0 Å². The summed E-state index contributed by atoms with van der Waals surface area (Å²) in [6, 6.07) is 6.57. The minimum Gasteiger partial charge on any atom is -0.327 e. The molecule has 90 valence electrons. The number of aryl methyl sites for hydroxylation is 1. The summed E-state index contributed by atoms with van der Waals surface area (Å²) in [6.45, 7) is 6.85. The van der Waals surface area contributed by atoms with Crippen LogP contribution in [-0.4, -0.2) is 19.2 Å². The second kappa shape index (κ2) is 4.18. The van der Waals surface area contributed by atoms with Gasteiger partial charge in [-0.1, -0.05) is 18.2 Å². The number of rotatable bonds is 3. The first kappa shape index (κ1) is 13.2. The molecule has 1 rings (SSSR count). The zero-order valence-corrected chi connectivity index (χ0v) is 11.0. The summed E-state index contributed by atoms with van der Waals surface area (Å²) in [6.07, 6.45) is 0. The zero-order valence-electron chi connectivity index (χ0n) is 10.2. The van der Waals surface area contributed by atoms with Gasteiger partial charge < -0.3 is 5.73 Å². The number of benzene rings is 1. The molecule has 0 radical (unpaired) electrons. The van der Waals surface area contributed by atoms with E-state index in [2.05, 4.69) is 0 Å². The van der Waals surface area contributed by atoms with Crippen LogP contribution >= 0.6 is 0 Å². The molecule has 1 aromatic carbocycles. The van der Waals surface area contributed by atoms with Crippen LogP contribution in [0, 0.1) is 6.92 Å². The van der Waals surface area contributed by atoms with Crippen LogP contribution in [-0.2, 0) is 9.84 Å². The molecule has 0 bridgehead atoms. The monoisotopic (exact) mass is 241 g/mol. The quantitative estimate of drug-likeness (QED) is 0.879. The van der Waals surface area contributed by atoms with Crippen LogP contribution in [0.5, 0.6) is 0 Å². The predicted molar refractivity (Wildman–Crippen MR) is 66.1 cm³/mol. The lowest BCUT2D eigenvalue weighted by molar-refractivity contribution is 0.500. The van der Waals surface area contributed by atoms with E-state index in [4.69, 9.17) is 5.73 Å². The van der Waals surface area contributed by atoms with Crippen molar-refractivity contribution in [2.45, 2.75) is 43.4 Å². The van der Waals surface area contributed by atoms with Crippen molar-refractivity contribution < 1.29 is 8.42 Å². The van der Waals surface area contributed by atoms with Crippen molar-refractivity contribution in [1.29, 1.82) is 0 Å². The van der Waals surface area contributed by atoms with Crippen molar-refractivity contribution in [1.82, 2.24) is 0 Å². The van der Waals surface area contributed by atoms with Gasteiger partial charge in [-0.05, 0) is 39.3 Å². The summed E-state index contributed by atoms with van der Waals surface area (Å²) >= 11 is 0. The van der Waals surface area contributed by atoms with Gasteiger partial charge in [-0.3, -0.25) is 0 Å². The molecule has 0 aliphatic carbocycles. The van der Waals surface area contributed by atoms with Gasteiger partial charge in [0, 0.05) is 6.04 Å². The Labute approximate surface area is 97.6 Å². The summed E-state index contributed by atoms with van der Waals surface area (Å²) in [5.41, 5.74) is 6.52. The molecule has 0 aliphatic heterocycles. The van der Waals surface area contributed by atoms with E-state index in [0.717, 1.165) is 5.56 Å². The third-order valence-corrected chi connectivity index (χ3v) is 5.97. The van der Waals surface area contributed by atoms with Gasteiger partial charge in [-0.25, -0.2) is 8.42 Å². The van der Waals surface area contributed by atoms with Gasteiger partial charge in [0.15, 0.2) is 9.84 Å². The van der Waals surface area contributed by atoms with Crippen LogP contribution in [0.4, 0.5) is 0 Å². The third-order valence-electron chi connectivity index (χ3n) is 3.17. The van der Waals surface area contributed by atoms with Gasteiger partial charge in [0.2, 0.25) is 0 Å². The Balaban J connectivity index is 3.39. The lowest BCUT2D eigenvalue weighted by atomic mass is 10.1. The van der Waals surface area contributed by atoms with Crippen LogP contribution in [0.15, 0.2) is 29.2 Å². The van der Waals surface area contributed by atoms with Gasteiger partial charge in [0.05, 0.1) is 9.64 Å². The fourth-order valence-electron chi connectivity index (χ4n) is 1.39. The second-order valence-electron chi connectivity index (χ2n) is 4.66. The largest absolute Gasteiger partial charge is 0.327 e. The number of sulfone groups is 1. The fraction of sp³-hybridized carbons (Fsp3) is 0.500. The van der Waals surface area contributed by atoms with E-state index in [1.54, 1.807) is 45.9 Å². The molecule has 0 saturated heterocycles. The zero-order chi connectivity index (χ0) is 12.6. The summed E-state index contributed by atoms with van der Waals surface area (Å²) in [5.74, 6) is 0. The molecule has 0 saturated carbocycles. The highest BCUT2D eigenvalue weighted by Crippen LogP contribution is 2.29. The molecule has 0 spiro atoms. The van der Waals surface area contributed by atoms with E-state index < -0.39 is 20.6 Å². The molecule has 1 unspecified atom stereocenters. The Kier molecular flexibility index (Phi) is 3.45. The highest BCUT2D eigenvalue weighted by atomic mass is 32.2. The maximum absolute atomic E-state index is 12.4. The summed E-state index contributed by atoms with van der Waals surface area (Å²) in [4.78, 5) is 0.373. The van der Waals surface area contributed by atoms with Crippen molar-refractivity contribution in [3.63, 3.8) is 0 Å². The van der Waals surface area contributed by atoms with E-state index in [0.29, 0.717) is 4.90 Å². The van der Waals surface area contributed by atoms with Crippen molar-refractivity contribution in [3.05, 3.63) is 29.8 Å². The molecule has 0 heterocycles. The van der Waals surface area contributed by atoms with E-state index in [1.165, 1.54) is 0 Å². The molecular weight excluding hydrogens is 222 g/mol. The molecule has 1 aromatic rings. The highest BCUT2D eigenvalue weighted by Gasteiger charge is 2.39. The molecule has 4 heteroatoms. The summed E-state index contributed by atoms with van der Waals surface area (Å²) < 4.78 is 23.9. The van der Waals surface area contributed by atoms with Gasteiger partial charge >= 0.3 is 0 Å². The highest BCUT2D eigenvalue weighted by molar-refractivity contribution is 7.93. The van der Waals surface area contributed by atoms with Gasteiger partial charge in [-0.15, -0.1) is 0 Å². The lowest BCUT2D eigenvalue weighted by Gasteiger charge is -2.29. The van der Waals surface area contributed by atoms with Crippen molar-refractivity contribution in [2.24, 2.45) is 5.73 Å². The fourth-order valence-corrected chi connectivity index (χ4v) is 3.19. The molecule has 1 atom stereocenters. The maximum atomic E-state index is 12.4. The number of nitrogens with two attached hydrogens (primary N) is 1. The molecule has 3 nitrogen and oxygen atoms in total. The Morgan fingerprint density at radius 1 is 1.25 bits per heavy atom. The Morgan fingerprint density at radius 3 is 2.19 bits per heavy atom. The lowest BCUT2D eigenvalue weighted by Crippen LogP contribution is -2.47. The molecule has 0 amide bonds. The van der Waals surface area contributed by atoms with Crippen LogP contribution in [0.2, 0.25) is 0 Å². The Bertz CT molecular complexity index is 476. The Morgan fingerprint density at radius 2 is 1.75 bits per heavy atom. The second-order valence-corrected chi connectivity index (χ2v) is 7.16. The summed E-state index contributed by atoms with van der Waals surface area (Å²) in [7, 11) is -3.39. The maximum Gasteiger partial charge on any atom is 0.185 e. The van der Waals surface area contributed by atoms with Gasteiger partial charge in [0.25, 0.3) is 0 Å². The first-order valence-electron chi connectivity index (χ1n) is 5.27. The van der Waals surface area contributed by atoms with Crippen molar-refractivity contribution >= 4 is 9.84 Å². The van der Waals surface area contributed by atoms with Crippen LogP contribution in [0.1, 0.15) is 26.3 Å². The van der Waals surface area contributed by atoms with Gasteiger partial charge in [0.1, 0.15) is 0 Å². The average molecular weight is 241 g/mol. The third kappa shape index (κ3) is 1.99. The van der Waals surface area contributed by atoms with Crippen LogP contribution in [0.25, 0.3) is 0 Å². The van der Waals surface area contributed by atoms with Gasteiger partial charge in [-0.2, -0.15) is 0 Å². The Hall–Kier alpha value is -0.870. The molecular formula is C12H19NO2S. The molecule has 0 fully saturated rings. The molecule has 16 heavy (non-hydrogen) atoms. The van der Waals surface area contributed by atoms with Crippen LogP contribution < -0.4 is 5.73 Å². The first-order chi connectivity index (χ1) is 7.21. The minimum absolute atomic E-state index is 0.373. The standard InChI is InChI=1S/C12H19NO2S/c1-9-7-5-6-8-11(9)16(14,15)12(3,4)10(2)13/h5-8,10H,13H2,1-4H3. The minimum atomic E-state index is -3.39. The predicted octanol–water partition coefficient (Wildman–Crippen LogP) is 1.89. The summed E-state index contributed by atoms with van der Waals surface area (Å²) in [5, 5.41) is 0. The molecule has 0 aromatic heterocycles. The van der Waals surface area contributed by atoms with E-state index in [1.807, 2.05) is 6.07 Å². The number of hydrogen-bond donors (Lipinski definition) is 1. The van der Waals surface area contributed by atoms with E-state index in [-0.39, 0.29) is 0 Å². The van der Waals surface area contributed by atoms with Crippen molar-refractivity contribution in [2.75, 3.05) is 0 Å². The van der Waals surface area contributed by atoms with E-state index >= 15 is 0 Å². The number of hydrogen-bond acceptors (Lipinski definition) is 3. The SMILES string of the molecule is Cc1ccccc1S(=O)(=O)C(C)(C)C(C)N. The van der Waals surface area contributed by atoms with Crippen LogP contribution in [0.3, 0.4) is 0 Å². The molecule has 0 aliphatic rings.